The summed E-state index contributed by atoms with van der Waals surface area (Å²) in [6.07, 6.45) is 1.92. The Morgan fingerprint density at radius 2 is 2.06 bits per heavy atom. The van der Waals surface area contributed by atoms with Crippen molar-refractivity contribution in [2.45, 2.75) is 36.5 Å². The molecule has 1 saturated carbocycles. The van der Waals surface area contributed by atoms with Crippen LogP contribution in [0.25, 0.3) is 5.57 Å². The highest BCUT2D eigenvalue weighted by Crippen LogP contribution is 2.64. The molecule has 2 aromatic rings. The van der Waals surface area contributed by atoms with Crippen LogP contribution in [-0.2, 0) is 13.2 Å². The molecule has 0 amide bonds. The number of rotatable bonds is 9. The zero-order chi connectivity index (χ0) is 23.6. The Labute approximate surface area is 196 Å². The number of nitrogens with zero attached hydrogens (tertiary/aromatic N) is 4. The second kappa shape index (κ2) is 9.50. The summed E-state index contributed by atoms with van der Waals surface area (Å²) in [5.74, 6) is 1.96. The maximum atomic E-state index is 12.8. The van der Waals surface area contributed by atoms with Crippen LogP contribution < -0.4 is 5.32 Å². The van der Waals surface area contributed by atoms with Crippen LogP contribution in [0, 0.1) is 10.8 Å². The Morgan fingerprint density at radius 3 is 2.73 bits per heavy atom. The highest BCUT2D eigenvalue weighted by molar-refractivity contribution is 7.99. The van der Waals surface area contributed by atoms with Gasteiger partial charge in [0.25, 0.3) is 0 Å². The lowest BCUT2D eigenvalue weighted by atomic mass is 9.97. The quantitative estimate of drug-likeness (QED) is 0.318. The molecule has 1 aliphatic heterocycles. The molecular formula is C23H29F3N6S. The van der Waals surface area contributed by atoms with E-state index in [9.17, 15) is 13.2 Å². The number of likely N-dealkylation sites (tertiary alicyclic amines) is 1. The van der Waals surface area contributed by atoms with Crippen molar-refractivity contribution in [3.63, 3.8) is 0 Å². The molecule has 6 nitrogen and oxygen atoms in total. The number of benzene rings is 1. The van der Waals surface area contributed by atoms with E-state index in [1.807, 2.05) is 11.6 Å². The summed E-state index contributed by atoms with van der Waals surface area (Å²) >= 11 is 1.66. The van der Waals surface area contributed by atoms with Crippen molar-refractivity contribution in [2.24, 2.45) is 12.5 Å². The molecule has 178 valence electrons. The fourth-order valence-corrected chi connectivity index (χ4v) is 5.65. The molecule has 0 bridgehead atoms. The van der Waals surface area contributed by atoms with Crippen LogP contribution in [0.1, 0.15) is 42.1 Å². The average Bonchev–Trinajstić information content (AvgIpc) is 3.14. The lowest BCUT2D eigenvalue weighted by Crippen LogP contribution is -2.23. The lowest BCUT2D eigenvalue weighted by Gasteiger charge is -2.16. The second-order valence-electron chi connectivity index (χ2n) is 8.86. The van der Waals surface area contributed by atoms with Crippen molar-refractivity contribution in [3.8, 4) is 0 Å². The summed E-state index contributed by atoms with van der Waals surface area (Å²) in [5.41, 5.74) is 1.38. The predicted molar refractivity (Wildman–Crippen MR) is 124 cm³/mol. The molecular weight excluding hydrogens is 449 g/mol. The molecule has 10 heteroatoms. The third-order valence-electron chi connectivity index (χ3n) is 6.69. The molecule has 2 N–H and O–H groups in total. The first-order valence-corrected chi connectivity index (χ1v) is 12.1. The van der Waals surface area contributed by atoms with Crippen molar-refractivity contribution in [1.82, 2.24) is 25.0 Å². The minimum Gasteiger partial charge on any atom is -0.393 e. The van der Waals surface area contributed by atoms with Gasteiger partial charge < -0.3 is 20.2 Å². The van der Waals surface area contributed by atoms with Gasteiger partial charge in [-0.05, 0) is 61.4 Å². The molecule has 4 rings (SSSR count). The van der Waals surface area contributed by atoms with Gasteiger partial charge in [-0.3, -0.25) is 0 Å². The van der Waals surface area contributed by atoms with Crippen molar-refractivity contribution in [1.29, 1.82) is 5.41 Å². The molecule has 0 radical (unpaired) electrons. The molecule has 1 aromatic heterocycles. The number of hydrogen-bond acceptors (Lipinski definition) is 6. The van der Waals surface area contributed by atoms with E-state index in [2.05, 4.69) is 20.4 Å². The number of alkyl halides is 3. The molecule has 1 saturated heterocycles. The molecule has 2 atom stereocenters. The molecule has 1 aromatic carbocycles. The minimum atomic E-state index is -4.28. The topological polar surface area (TPSA) is 69.8 Å². The Morgan fingerprint density at radius 1 is 1.30 bits per heavy atom. The maximum absolute atomic E-state index is 12.8. The van der Waals surface area contributed by atoms with Crippen LogP contribution in [0.2, 0.25) is 0 Å². The van der Waals surface area contributed by atoms with Crippen molar-refractivity contribution >= 4 is 23.5 Å². The maximum Gasteiger partial charge on any atom is 0.416 e. The van der Waals surface area contributed by atoms with Crippen LogP contribution in [0.4, 0.5) is 13.2 Å². The summed E-state index contributed by atoms with van der Waals surface area (Å²) in [7, 11) is 3.69. The monoisotopic (exact) mass is 478 g/mol. The van der Waals surface area contributed by atoms with Gasteiger partial charge in [0, 0.05) is 38.8 Å². The van der Waals surface area contributed by atoms with E-state index in [0.717, 1.165) is 55.4 Å². The summed E-state index contributed by atoms with van der Waals surface area (Å²) in [6.45, 7) is 3.08. The molecule has 2 fully saturated rings. The second-order valence-corrected chi connectivity index (χ2v) is 9.93. The SMILES string of the molecule is CN/C=C(\C=N)c1nnc(SCCCN2CC[C@]3(C[C@H]3c3ccc(C(F)(F)F)cc3)C2)n1C. The number of aromatic nitrogens is 3. The summed E-state index contributed by atoms with van der Waals surface area (Å²) in [4.78, 5) is 2.48. The summed E-state index contributed by atoms with van der Waals surface area (Å²) < 4.78 is 40.3. The number of allylic oxidation sites excluding steroid dienone is 1. The first-order chi connectivity index (χ1) is 15.8. The molecule has 1 aliphatic carbocycles. The third-order valence-corrected chi connectivity index (χ3v) is 7.80. The minimum absolute atomic E-state index is 0.244. The Bertz CT molecular complexity index is 1020. The summed E-state index contributed by atoms with van der Waals surface area (Å²) in [5, 5.41) is 19.7. The number of hydrogen-bond donors (Lipinski definition) is 2. The van der Waals surface area contributed by atoms with E-state index < -0.39 is 11.7 Å². The van der Waals surface area contributed by atoms with Gasteiger partial charge in [-0.1, -0.05) is 23.9 Å². The van der Waals surface area contributed by atoms with Crippen LogP contribution >= 0.6 is 11.8 Å². The standard InChI is InChI=1S/C23H29F3N6S/c1-28-14-17(13-27)20-29-30-21(31(20)2)33-11-3-9-32-10-8-22(15-32)12-19(22)16-4-6-18(7-5-16)23(24,25)26/h4-7,13-14,19,27-28H,3,8-12,15H2,1-2H3/b17-14+,27-13?/t19-,22-/m0/s1. The Hall–Kier alpha value is -2.33. The van der Waals surface area contributed by atoms with Gasteiger partial charge in [0.05, 0.1) is 11.1 Å². The van der Waals surface area contributed by atoms with Gasteiger partial charge >= 0.3 is 6.18 Å². The molecule has 2 heterocycles. The van der Waals surface area contributed by atoms with Crippen LogP contribution in [0.15, 0.2) is 35.6 Å². The molecule has 0 unspecified atom stereocenters. The van der Waals surface area contributed by atoms with Crippen molar-refractivity contribution in [3.05, 3.63) is 47.4 Å². The highest BCUT2D eigenvalue weighted by Gasteiger charge is 2.57. The highest BCUT2D eigenvalue weighted by atomic mass is 32.2. The first kappa shape index (κ1) is 23.8. The van der Waals surface area contributed by atoms with Crippen molar-refractivity contribution in [2.75, 3.05) is 32.4 Å². The largest absolute Gasteiger partial charge is 0.416 e. The van der Waals surface area contributed by atoms with E-state index >= 15 is 0 Å². The van der Waals surface area contributed by atoms with Gasteiger partial charge in [0.1, 0.15) is 0 Å². The smallest absolute Gasteiger partial charge is 0.393 e. The fourth-order valence-electron chi connectivity index (χ4n) is 4.82. The number of thioether (sulfide) groups is 1. The van der Waals surface area contributed by atoms with E-state index in [4.69, 9.17) is 5.41 Å². The van der Waals surface area contributed by atoms with Gasteiger partial charge in [-0.25, -0.2) is 0 Å². The van der Waals surface area contributed by atoms with Gasteiger partial charge in [0.2, 0.25) is 0 Å². The third kappa shape index (κ3) is 5.11. The van der Waals surface area contributed by atoms with E-state index in [0.29, 0.717) is 17.3 Å². The van der Waals surface area contributed by atoms with E-state index in [-0.39, 0.29) is 5.41 Å². The normalized spacial score (nSPS) is 23.3. The molecule has 2 aliphatic rings. The Balaban J connectivity index is 1.23. The average molecular weight is 479 g/mol. The Kier molecular flexibility index (Phi) is 6.86. The van der Waals surface area contributed by atoms with Gasteiger partial charge in [-0.15, -0.1) is 10.2 Å². The molecule has 1 spiro atoms. The van der Waals surface area contributed by atoms with Crippen molar-refractivity contribution < 1.29 is 13.2 Å². The van der Waals surface area contributed by atoms with Crippen LogP contribution in [-0.4, -0.2) is 58.3 Å². The fraction of sp³-hybridized carbons (Fsp3) is 0.522. The molecule has 33 heavy (non-hydrogen) atoms. The van der Waals surface area contributed by atoms with E-state index in [1.165, 1.54) is 18.3 Å². The predicted octanol–water partition coefficient (Wildman–Crippen LogP) is 4.41. The lowest BCUT2D eigenvalue weighted by molar-refractivity contribution is -0.137. The zero-order valence-electron chi connectivity index (χ0n) is 18.8. The number of halogens is 3. The van der Waals surface area contributed by atoms with Gasteiger partial charge in [-0.2, -0.15) is 13.2 Å². The number of nitrogens with one attached hydrogen (secondary N) is 2. The van der Waals surface area contributed by atoms with Crippen LogP contribution in [0.3, 0.4) is 0 Å². The first-order valence-electron chi connectivity index (χ1n) is 11.1. The van der Waals surface area contributed by atoms with E-state index in [1.54, 1.807) is 37.1 Å². The zero-order valence-corrected chi connectivity index (χ0v) is 19.6. The van der Waals surface area contributed by atoms with Crippen LogP contribution in [0.5, 0.6) is 0 Å². The van der Waals surface area contributed by atoms with Gasteiger partial charge in [0.15, 0.2) is 11.0 Å². The summed E-state index contributed by atoms with van der Waals surface area (Å²) in [6, 6.07) is 5.74.